The number of hydrogen-bond acceptors (Lipinski definition) is 3. The van der Waals surface area contributed by atoms with Crippen molar-refractivity contribution in [3.8, 4) is 6.07 Å². The van der Waals surface area contributed by atoms with Crippen LogP contribution in [0.25, 0.3) is 0 Å². The van der Waals surface area contributed by atoms with Crippen molar-refractivity contribution in [2.75, 3.05) is 20.2 Å². The zero-order valence-corrected chi connectivity index (χ0v) is 11.1. The van der Waals surface area contributed by atoms with Gasteiger partial charge in [0.15, 0.2) is 0 Å². The molecule has 0 aliphatic heterocycles. The van der Waals surface area contributed by atoms with Gasteiger partial charge in [0.2, 0.25) is 0 Å². The van der Waals surface area contributed by atoms with Crippen LogP contribution < -0.4 is 0 Å². The lowest BCUT2D eigenvalue weighted by Crippen LogP contribution is -2.24. The summed E-state index contributed by atoms with van der Waals surface area (Å²) < 4.78 is 18.6. The third kappa shape index (κ3) is 4.82. The highest BCUT2D eigenvalue weighted by molar-refractivity contribution is 5.34. The normalized spacial score (nSPS) is 10.9. The minimum atomic E-state index is -0.466. The molecule has 0 heterocycles. The van der Waals surface area contributed by atoms with Crippen LogP contribution in [0.1, 0.15) is 25.0 Å². The van der Waals surface area contributed by atoms with E-state index in [2.05, 4.69) is 4.90 Å². The van der Waals surface area contributed by atoms with Crippen LogP contribution in [-0.2, 0) is 11.3 Å². The van der Waals surface area contributed by atoms with Crippen molar-refractivity contribution in [3.63, 3.8) is 0 Å². The van der Waals surface area contributed by atoms with Crippen molar-refractivity contribution >= 4 is 0 Å². The lowest BCUT2D eigenvalue weighted by atomic mass is 10.1. The average molecular weight is 250 g/mol. The van der Waals surface area contributed by atoms with Gasteiger partial charge >= 0.3 is 0 Å². The Morgan fingerprint density at radius 2 is 2.17 bits per heavy atom. The molecular formula is C14H19FN2O. The van der Waals surface area contributed by atoms with Gasteiger partial charge in [-0.05, 0) is 38.6 Å². The van der Waals surface area contributed by atoms with E-state index in [-0.39, 0.29) is 11.7 Å². The molecular weight excluding hydrogens is 231 g/mol. The molecule has 18 heavy (non-hydrogen) atoms. The number of nitrogens with zero attached hydrogens (tertiary/aromatic N) is 2. The Morgan fingerprint density at radius 1 is 1.44 bits per heavy atom. The third-order valence-electron chi connectivity index (χ3n) is 2.53. The molecule has 0 amide bonds. The van der Waals surface area contributed by atoms with Gasteiger partial charge in [0, 0.05) is 13.1 Å². The lowest BCUT2D eigenvalue weighted by Gasteiger charge is -2.17. The summed E-state index contributed by atoms with van der Waals surface area (Å²) in [7, 11) is 1.97. The summed E-state index contributed by atoms with van der Waals surface area (Å²) >= 11 is 0. The Labute approximate surface area is 108 Å². The van der Waals surface area contributed by atoms with Gasteiger partial charge in [-0.2, -0.15) is 5.26 Å². The predicted molar refractivity (Wildman–Crippen MR) is 68.5 cm³/mol. The Balaban J connectivity index is 2.49. The summed E-state index contributed by atoms with van der Waals surface area (Å²) in [4.78, 5) is 2.08. The fraction of sp³-hybridized carbons (Fsp3) is 0.500. The molecule has 98 valence electrons. The van der Waals surface area contributed by atoms with Crippen molar-refractivity contribution in [2.24, 2.45) is 0 Å². The number of halogens is 1. The highest BCUT2D eigenvalue weighted by Crippen LogP contribution is 2.11. The summed E-state index contributed by atoms with van der Waals surface area (Å²) in [6.07, 6.45) is 0.231. The molecule has 0 radical (unpaired) electrons. The van der Waals surface area contributed by atoms with E-state index in [9.17, 15) is 4.39 Å². The Morgan fingerprint density at radius 3 is 2.78 bits per heavy atom. The molecule has 0 bridgehead atoms. The fourth-order valence-electron chi connectivity index (χ4n) is 1.59. The molecule has 0 atom stereocenters. The molecule has 0 aromatic heterocycles. The Hall–Kier alpha value is -1.44. The molecule has 0 aliphatic carbocycles. The zero-order chi connectivity index (χ0) is 13.5. The SMILES string of the molecule is CC(C)OCCN(C)Cc1ccc(F)c(C#N)c1. The number of ether oxygens (including phenoxy) is 1. The van der Waals surface area contributed by atoms with Crippen LogP contribution in [0.2, 0.25) is 0 Å². The van der Waals surface area contributed by atoms with Gasteiger partial charge in [-0.25, -0.2) is 4.39 Å². The van der Waals surface area contributed by atoms with E-state index in [4.69, 9.17) is 10.00 Å². The first-order valence-corrected chi connectivity index (χ1v) is 6.01. The van der Waals surface area contributed by atoms with E-state index in [1.807, 2.05) is 27.0 Å². The standard InChI is InChI=1S/C14H19FN2O/c1-11(2)18-7-6-17(3)10-12-4-5-14(15)13(8-12)9-16/h4-5,8,11H,6-7,10H2,1-3H3. The van der Waals surface area contributed by atoms with Crippen molar-refractivity contribution < 1.29 is 9.13 Å². The second-order valence-corrected chi connectivity index (χ2v) is 4.58. The van der Waals surface area contributed by atoms with Gasteiger partial charge in [-0.3, -0.25) is 4.90 Å². The van der Waals surface area contributed by atoms with Crippen LogP contribution in [0.4, 0.5) is 4.39 Å². The second-order valence-electron chi connectivity index (χ2n) is 4.58. The summed E-state index contributed by atoms with van der Waals surface area (Å²) in [5.41, 5.74) is 1.03. The number of nitriles is 1. The number of hydrogen-bond donors (Lipinski definition) is 0. The van der Waals surface area contributed by atoms with E-state index in [1.54, 1.807) is 12.1 Å². The molecule has 0 fully saturated rings. The van der Waals surface area contributed by atoms with E-state index >= 15 is 0 Å². The maximum Gasteiger partial charge on any atom is 0.140 e. The first-order chi connectivity index (χ1) is 8.52. The predicted octanol–water partition coefficient (Wildman–Crippen LogP) is 2.55. The van der Waals surface area contributed by atoms with Gasteiger partial charge in [0.25, 0.3) is 0 Å². The van der Waals surface area contributed by atoms with Crippen LogP contribution in [0.15, 0.2) is 18.2 Å². The minimum Gasteiger partial charge on any atom is -0.377 e. The maximum absolute atomic E-state index is 13.1. The summed E-state index contributed by atoms with van der Waals surface area (Å²) in [5.74, 6) is -0.466. The average Bonchev–Trinajstić information content (AvgIpc) is 2.31. The largest absolute Gasteiger partial charge is 0.377 e. The molecule has 0 saturated carbocycles. The molecule has 0 unspecified atom stereocenters. The van der Waals surface area contributed by atoms with Gasteiger partial charge in [-0.1, -0.05) is 6.07 Å². The minimum absolute atomic E-state index is 0.0966. The van der Waals surface area contributed by atoms with Gasteiger partial charge in [0.05, 0.1) is 18.3 Å². The quantitative estimate of drug-likeness (QED) is 0.778. The van der Waals surface area contributed by atoms with E-state index in [0.717, 1.165) is 12.1 Å². The molecule has 4 heteroatoms. The summed E-state index contributed by atoms with van der Waals surface area (Å²) in [6.45, 7) is 6.15. The highest BCUT2D eigenvalue weighted by Gasteiger charge is 2.05. The molecule has 0 spiro atoms. The first-order valence-electron chi connectivity index (χ1n) is 6.01. The Kier molecular flexibility index (Phi) is 5.76. The van der Waals surface area contributed by atoms with Crippen molar-refractivity contribution in [2.45, 2.75) is 26.5 Å². The highest BCUT2D eigenvalue weighted by atomic mass is 19.1. The molecule has 0 N–H and O–H groups in total. The van der Waals surface area contributed by atoms with Crippen molar-refractivity contribution in [1.29, 1.82) is 5.26 Å². The topological polar surface area (TPSA) is 36.3 Å². The zero-order valence-electron chi connectivity index (χ0n) is 11.1. The molecule has 3 nitrogen and oxygen atoms in total. The molecule has 0 aliphatic rings. The van der Waals surface area contributed by atoms with E-state index < -0.39 is 5.82 Å². The maximum atomic E-state index is 13.1. The van der Waals surface area contributed by atoms with Gasteiger partial charge in [0.1, 0.15) is 11.9 Å². The third-order valence-corrected chi connectivity index (χ3v) is 2.53. The molecule has 1 aromatic carbocycles. The molecule has 1 rings (SSSR count). The Bertz CT molecular complexity index is 426. The van der Waals surface area contributed by atoms with Crippen LogP contribution in [-0.4, -0.2) is 31.2 Å². The second kappa shape index (κ2) is 7.10. The fourth-order valence-corrected chi connectivity index (χ4v) is 1.59. The van der Waals surface area contributed by atoms with Crippen molar-refractivity contribution in [1.82, 2.24) is 4.90 Å². The molecule has 0 saturated heterocycles. The number of benzene rings is 1. The van der Waals surface area contributed by atoms with Crippen LogP contribution in [0, 0.1) is 17.1 Å². The van der Waals surface area contributed by atoms with Gasteiger partial charge < -0.3 is 4.74 Å². The first kappa shape index (κ1) is 14.6. The smallest absolute Gasteiger partial charge is 0.140 e. The monoisotopic (exact) mass is 250 g/mol. The van der Waals surface area contributed by atoms with E-state index in [0.29, 0.717) is 13.2 Å². The van der Waals surface area contributed by atoms with Gasteiger partial charge in [-0.15, -0.1) is 0 Å². The van der Waals surface area contributed by atoms with E-state index in [1.165, 1.54) is 6.07 Å². The molecule has 1 aromatic rings. The summed E-state index contributed by atoms with van der Waals surface area (Å²) in [6, 6.07) is 6.49. The lowest BCUT2D eigenvalue weighted by molar-refractivity contribution is 0.0627. The number of rotatable bonds is 6. The van der Waals surface area contributed by atoms with Crippen LogP contribution in [0.5, 0.6) is 0 Å². The van der Waals surface area contributed by atoms with Crippen molar-refractivity contribution in [3.05, 3.63) is 35.1 Å². The number of likely N-dealkylation sites (N-methyl/N-ethyl adjacent to an activating group) is 1. The summed E-state index contributed by atoms with van der Waals surface area (Å²) in [5, 5.41) is 8.76. The van der Waals surface area contributed by atoms with Crippen LogP contribution >= 0.6 is 0 Å². The van der Waals surface area contributed by atoms with Crippen LogP contribution in [0.3, 0.4) is 0 Å².